The van der Waals surface area contributed by atoms with Crippen molar-refractivity contribution in [3.05, 3.63) is 71.8 Å². The number of nitrogens with zero attached hydrogens (tertiary/aromatic N) is 2. The number of rotatable bonds is 8. The Morgan fingerprint density at radius 1 is 0.938 bits per heavy atom. The van der Waals surface area contributed by atoms with Crippen molar-refractivity contribution in [2.75, 3.05) is 13.7 Å². The third-order valence-electron chi connectivity index (χ3n) is 4.69. The monoisotopic (exact) mass is 440 g/mol. The van der Waals surface area contributed by atoms with E-state index in [2.05, 4.69) is 0 Å². The van der Waals surface area contributed by atoms with Crippen LogP contribution in [-0.2, 0) is 27.3 Å². The van der Waals surface area contributed by atoms with Crippen LogP contribution in [0.4, 0.5) is 4.79 Å². The number of hydrogen-bond acceptors (Lipinski definition) is 5. The van der Waals surface area contributed by atoms with E-state index in [0.717, 1.165) is 16.0 Å². The van der Waals surface area contributed by atoms with E-state index in [1.807, 2.05) is 60.7 Å². The topological polar surface area (TPSA) is 87.2 Å². The summed E-state index contributed by atoms with van der Waals surface area (Å²) in [5, 5.41) is 9.32. The first-order valence-electron chi connectivity index (χ1n) is 10.6. The summed E-state index contributed by atoms with van der Waals surface area (Å²) in [4.78, 5) is 41.8. The third-order valence-corrected chi connectivity index (χ3v) is 4.69. The number of benzene rings is 2. The summed E-state index contributed by atoms with van der Waals surface area (Å²) >= 11 is 0. The predicted molar refractivity (Wildman–Crippen MR) is 122 cm³/mol. The number of aliphatic hydroxyl groups excluding tert-OH is 1. The molecule has 7 heteroatoms. The molecule has 2 aromatic carbocycles. The SMILES string of the molecule is CN(Cc1ccccc1)C(=O)[C@H](Cc1ccccc1)N(C(=O)CCO)C(=O)OC(C)(C)C. The molecule has 0 spiro atoms. The molecule has 0 aliphatic carbocycles. The first kappa shape index (κ1) is 25.1. The van der Waals surface area contributed by atoms with E-state index in [1.54, 1.807) is 27.8 Å². The highest BCUT2D eigenvalue weighted by molar-refractivity contribution is 5.98. The first-order valence-corrected chi connectivity index (χ1v) is 10.6. The van der Waals surface area contributed by atoms with Gasteiger partial charge in [0.05, 0.1) is 13.0 Å². The zero-order valence-electron chi connectivity index (χ0n) is 19.2. The summed E-state index contributed by atoms with van der Waals surface area (Å²) in [7, 11) is 1.64. The summed E-state index contributed by atoms with van der Waals surface area (Å²) in [6, 6.07) is 17.5. The molecule has 0 aliphatic rings. The molecule has 0 unspecified atom stereocenters. The Balaban J connectivity index is 2.41. The molecule has 172 valence electrons. The molecule has 0 bridgehead atoms. The molecule has 1 atom stereocenters. The van der Waals surface area contributed by atoms with E-state index < -0.39 is 36.2 Å². The second kappa shape index (κ2) is 11.4. The fourth-order valence-corrected chi connectivity index (χ4v) is 3.25. The van der Waals surface area contributed by atoms with Gasteiger partial charge in [0.1, 0.15) is 11.6 Å². The lowest BCUT2D eigenvalue weighted by Gasteiger charge is -2.33. The largest absolute Gasteiger partial charge is 0.443 e. The number of hydrogen-bond donors (Lipinski definition) is 1. The average Bonchev–Trinajstić information content (AvgIpc) is 2.73. The molecule has 0 fully saturated rings. The van der Waals surface area contributed by atoms with Gasteiger partial charge in [-0.05, 0) is 31.9 Å². The maximum absolute atomic E-state index is 13.5. The Kier molecular flexibility index (Phi) is 8.96. The lowest BCUT2D eigenvalue weighted by atomic mass is 10.0. The summed E-state index contributed by atoms with van der Waals surface area (Å²) in [6.07, 6.45) is -1.06. The Labute approximate surface area is 189 Å². The lowest BCUT2D eigenvalue weighted by Crippen LogP contribution is -2.54. The standard InChI is InChI=1S/C25H32N2O5/c1-25(2,3)32-24(31)27(22(29)15-16-28)21(17-19-11-7-5-8-12-19)23(30)26(4)18-20-13-9-6-10-14-20/h5-14,21,28H,15-18H2,1-4H3/t21-/m0/s1. The van der Waals surface area contributed by atoms with E-state index in [0.29, 0.717) is 6.54 Å². The van der Waals surface area contributed by atoms with Crippen LogP contribution in [0, 0.1) is 0 Å². The zero-order valence-corrected chi connectivity index (χ0v) is 19.2. The molecular weight excluding hydrogens is 408 g/mol. The molecule has 2 rings (SSSR count). The van der Waals surface area contributed by atoms with E-state index in [9.17, 15) is 19.5 Å². The second-order valence-electron chi connectivity index (χ2n) is 8.60. The fourth-order valence-electron chi connectivity index (χ4n) is 3.25. The van der Waals surface area contributed by atoms with E-state index in [-0.39, 0.29) is 12.8 Å². The molecule has 7 nitrogen and oxygen atoms in total. The minimum atomic E-state index is -1.11. The minimum Gasteiger partial charge on any atom is -0.443 e. The number of carbonyl (C=O) groups excluding carboxylic acids is 3. The summed E-state index contributed by atoms with van der Waals surface area (Å²) in [5.74, 6) is -1.06. The molecule has 0 saturated carbocycles. The molecule has 32 heavy (non-hydrogen) atoms. The Hall–Kier alpha value is -3.19. The molecule has 2 aromatic rings. The summed E-state index contributed by atoms with van der Waals surface area (Å²) < 4.78 is 5.45. The average molecular weight is 441 g/mol. The molecule has 0 aliphatic heterocycles. The highest BCUT2D eigenvalue weighted by atomic mass is 16.6. The van der Waals surface area contributed by atoms with Crippen molar-refractivity contribution >= 4 is 17.9 Å². The van der Waals surface area contributed by atoms with Crippen molar-refractivity contribution < 1.29 is 24.2 Å². The normalized spacial score (nSPS) is 12.0. The van der Waals surface area contributed by atoms with Crippen molar-refractivity contribution in [1.82, 2.24) is 9.80 Å². The van der Waals surface area contributed by atoms with Gasteiger partial charge in [0.2, 0.25) is 11.8 Å². The second-order valence-corrected chi connectivity index (χ2v) is 8.60. The van der Waals surface area contributed by atoms with Gasteiger partial charge >= 0.3 is 6.09 Å². The van der Waals surface area contributed by atoms with Crippen LogP contribution in [0.3, 0.4) is 0 Å². The molecule has 0 radical (unpaired) electrons. The van der Waals surface area contributed by atoms with Crippen LogP contribution in [0.2, 0.25) is 0 Å². The number of carbonyl (C=O) groups is 3. The van der Waals surface area contributed by atoms with Gasteiger partial charge in [0.15, 0.2) is 0 Å². The summed E-state index contributed by atoms with van der Waals surface area (Å²) in [5.41, 5.74) is 0.863. The molecule has 0 heterocycles. The molecule has 0 saturated heterocycles. The lowest BCUT2D eigenvalue weighted by molar-refractivity contribution is -0.145. The van der Waals surface area contributed by atoms with Crippen LogP contribution in [0.1, 0.15) is 38.3 Å². The maximum Gasteiger partial charge on any atom is 0.417 e. The zero-order chi connectivity index (χ0) is 23.7. The van der Waals surface area contributed by atoms with Gasteiger partial charge in [-0.15, -0.1) is 0 Å². The van der Waals surface area contributed by atoms with Crippen LogP contribution in [0.25, 0.3) is 0 Å². The van der Waals surface area contributed by atoms with Crippen molar-refractivity contribution in [3.63, 3.8) is 0 Å². The van der Waals surface area contributed by atoms with Crippen LogP contribution in [0.5, 0.6) is 0 Å². The Bertz CT molecular complexity index is 894. The highest BCUT2D eigenvalue weighted by Crippen LogP contribution is 2.19. The van der Waals surface area contributed by atoms with Crippen LogP contribution in [-0.4, -0.2) is 58.1 Å². The van der Waals surface area contributed by atoms with Crippen LogP contribution >= 0.6 is 0 Å². The minimum absolute atomic E-state index is 0.134. The van der Waals surface area contributed by atoms with Gasteiger partial charge in [-0.1, -0.05) is 60.7 Å². The van der Waals surface area contributed by atoms with Gasteiger partial charge in [-0.3, -0.25) is 9.59 Å². The highest BCUT2D eigenvalue weighted by Gasteiger charge is 2.38. The van der Waals surface area contributed by atoms with Crippen molar-refractivity contribution in [1.29, 1.82) is 0 Å². The summed E-state index contributed by atoms with van der Waals surface area (Å²) in [6.45, 7) is 4.95. The molecule has 0 aromatic heterocycles. The Morgan fingerprint density at radius 2 is 1.47 bits per heavy atom. The van der Waals surface area contributed by atoms with Gasteiger partial charge in [0.25, 0.3) is 0 Å². The van der Waals surface area contributed by atoms with E-state index >= 15 is 0 Å². The third kappa shape index (κ3) is 7.50. The molecule has 3 amide bonds. The predicted octanol–water partition coefficient (Wildman–Crippen LogP) is 3.40. The maximum atomic E-state index is 13.5. The number of imide groups is 1. The van der Waals surface area contributed by atoms with E-state index in [1.165, 1.54) is 4.90 Å². The molecule has 1 N–H and O–H groups in total. The van der Waals surface area contributed by atoms with Gasteiger partial charge in [-0.25, -0.2) is 9.69 Å². The van der Waals surface area contributed by atoms with Crippen molar-refractivity contribution in [2.24, 2.45) is 0 Å². The quantitative estimate of drug-likeness (QED) is 0.680. The van der Waals surface area contributed by atoms with E-state index in [4.69, 9.17) is 4.74 Å². The van der Waals surface area contributed by atoms with Crippen molar-refractivity contribution in [2.45, 2.75) is 51.8 Å². The van der Waals surface area contributed by atoms with Crippen molar-refractivity contribution in [3.8, 4) is 0 Å². The Morgan fingerprint density at radius 3 is 1.97 bits per heavy atom. The number of ether oxygens (including phenoxy) is 1. The number of amides is 3. The molecular formula is C25H32N2O5. The van der Waals surface area contributed by atoms with Crippen LogP contribution in [0.15, 0.2) is 60.7 Å². The van der Waals surface area contributed by atoms with Gasteiger partial charge in [-0.2, -0.15) is 0 Å². The number of likely N-dealkylation sites (N-methyl/N-ethyl adjacent to an activating group) is 1. The van der Waals surface area contributed by atoms with Gasteiger partial charge < -0.3 is 14.7 Å². The fraction of sp³-hybridized carbons (Fsp3) is 0.400. The van der Waals surface area contributed by atoms with Crippen LogP contribution < -0.4 is 0 Å². The first-order chi connectivity index (χ1) is 15.1. The van der Waals surface area contributed by atoms with Gasteiger partial charge in [0, 0.05) is 20.0 Å². The number of aliphatic hydroxyl groups is 1. The smallest absolute Gasteiger partial charge is 0.417 e.